The van der Waals surface area contributed by atoms with E-state index >= 15 is 0 Å². The zero-order valence-electron chi connectivity index (χ0n) is 8.79. The zero-order chi connectivity index (χ0) is 9.97. The number of ether oxygens (including phenoxy) is 1. The van der Waals surface area contributed by atoms with Gasteiger partial charge in [0.05, 0.1) is 6.61 Å². The first-order valence-corrected chi connectivity index (χ1v) is 5.10. The van der Waals surface area contributed by atoms with E-state index in [0.717, 1.165) is 13.2 Å². The maximum absolute atomic E-state index is 5.19. The predicted octanol–water partition coefficient (Wildman–Crippen LogP) is 1.90. The molecular formula is C12H17NO. The van der Waals surface area contributed by atoms with Crippen molar-refractivity contribution in [2.45, 2.75) is 13.0 Å². The second-order valence-electron chi connectivity index (χ2n) is 4.02. The monoisotopic (exact) mass is 191 g/mol. The molecule has 0 aromatic heterocycles. The molecule has 1 aliphatic rings. The molecule has 1 saturated heterocycles. The van der Waals surface area contributed by atoms with E-state index < -0.39 is 0 Å². The number of rotatable bonds is 3. The lowest BCUT2D eigenvalue weighted by Gasteiger charge is -2.38. The molecule has 76 valence electrons. The highest BCUT2D eigenvalue weighted by molar-refractivity contribution is 5.27. The van der Waals surface area contributed by atoms with Crippen LogP contribution in [0.2, 0.25) is 0 Å². The van der Waals surface area contributed by atoms with Gasteiger partial charge in [0.15, 0.2) is 0 Å². The van der Waals surface area contributed by atoms with Gasteiger partial charge in [-0.05, 0) is 12.5 Å². The molecular weight excluding hydrogens is 174 g/mol. The van der Waals surface area contributed by atoms with E-state index in [2.05, 4.69) is 36.5 Å². The highest BCUT2D eigenvalue weighted by Crippen LogP contribution is 2.29. The molecule has 0 amide bonds. The lowest BCUT2D eigenvalue weighted by Crippen LogP contribution is -2.47. The number of methoxy groups -OCH3 is 1. The van der Waals surface area contributed by atoms with E-state index in [-0.39, 0.29) is 0 Å². The van der Waals surface area contributed by atoms with Gasteiger partial charge in [0.25, 0.3) is 0 Å². The molecule has 1 aromatic carbocycles. The molecule has 1 aromatic rings. The number of hydrogen-bond acceptors (Lipinski definition) is 2. The smallest absolute Gasteiger partial charge is 0.0520 e. The van der Waals surface area contributed by atoms with Crippen LogP contribution in [0.1, 0.15) is 17.2 Å². The standard InChI is InChI=1S/C12H17NO/c1-9-4-3-5-10(6-9)12-11(7-13-12)8-14-2/h3-6,11-13H,7-8H2,1-2H3. The van der Waals surface area contributed by atoms with Crippen molar-refractivity contribution in [2.75, 3.05) is 20.3 Å². The van der Waals surface area contributed by atoms with E-state index in [0.29, 0.717) is 12.0 Å². The fourth-order valence-corrected chi connectivity index (χ4v) is 2.03. The van der Waals surface area contributed by atoms with Crippen molar-refractivity contribution in [1.82, 2.24) is 5.32 Å². The van der Waals surface area contributed by atoms with Gasteiger partial charge in [-0.3, -0.25) is 0 Å². The van der Waals surface area contributed by atoms with Crippen LogP contribution in [0.4, 0.5) is 0 Å². The zero-order valence-corrected chi connectivity index (χ0v) is 8.79. The van der Waals surface area contributed by atoms with Crippen LogP contribution in [0.3, 0.4) is 0 Å². The van der Waals surface area contributed by atoms with Crippen LogP contribution in [0.25, 0.3) is 0 Å². The molecule has 0 saturated carbocycles. The fraction of sp³-hybridized carbons (Fsp3) is 0.500. The molecule has 2 atom stereocenters. The Kier molecular flexibility index (Phi) is 2.85. The Hall–Kier alpha value is -0.860. The number of nitrogens with one attached hydrogen (secondary N) is 1. The molecule has 2 rings (SSSR count). The van der Waals surface area contributed by atoms with Gasteiger partial charge in [-0.15, -0.1) is 0 Å². The molecule has 1 fully saturated rings. The van der Waals surface area contributed by atoms with Gasteiger partial charge in [-0.1, -0.05) is 29.8 Å². The minimum Gasteiger partial charge on any atom is -0.384 e. The summed E-state index contributed by atoms with van der Waals surface area (Å²) >= 11 is 0. The van der Waals surface area contributed by atoms with Crippen molar-refractivity contribution in [2.24, 2.45) is 5.92 Å². The van der Waals surface area contributed by atoms with Gasteiger partial charge in [0.2, 0.25) is 0 Å². The second kappa shape index (κ2) is 4.11. The summed E-state index contributed by atoms with van der Waals surface area (Å²) in [7, 11) is 1.77. The number of benzene rings is 1. The highest BCUT2D eigenvalue weighted by Gasteiger charge is 2.31. The number of aryl methyl sites for hydroxylation is 1. The van der Waals surface area contributed by atoms with Crippen LogP contribution in [-0.2, 0) is 4.74 Å². The molecule has 1 aliphatic heterocycles. The van der Waals surface area contributed by atoms with Gasteiger partial charge in [0, 0.05) is 25.6 Å². The third-order valence-corrected chi connectivity index (χ3v) is 2.85. The van der Waals surface area contributed by atoms with E-state index in [4.69, 9.17) is 4.74 Å². The normalized spacial score (nSPS) is 25.9. The number of hydrogen-bond donors (Lipinski definition) is 1. The van der Waals surface area contributed by atoms with Gasteiger partial charge in [0.1, 0.15) is 0 Å². The Morgan fingerprint density at radius 3 is 2.93 bits per heavy atom. The lowest BCUT2D eigenvalue weighted by atomic mass is 9.86. The van der Waals surface area contributed by atoms with Crippen molar-refractivity contribution in [3.8, 4) is 0 Å². The Labute approximate surface area is 85.3 Å². The van der Waals surface area contributed by atoms with Crippen molar-refractivity contribution in [3.63, 3.8) is 0 Å². The van der Waals surface area contributed by atoms with Crippen molar-refractivity contribution in [3.05, 3.63) is 35.4 Å². The summed E-state index contributed by atoms with van der Waals surface area (Å²) in [6.45, 7) is 4.06. The molecule has 1 N–H and O–H groups in total. The Balaban J connectivity index is 2.08. The molecule has 1 heterocycles. The average molecular weight is 191 g/mol. The average Bonchev–Trinajstić information content (AvgIpc) is 2.12. The van der Waals surface area contributed by atoms with Crippen LogP contribution in [0, 0.1) is 12.8 Å². The first kappa shape index (κ1) is 9.69. The summed E-state index contributed by atoms with van der Waals surface area (Å²) < 4.78 is 5.19. The van der Waals surface area contributed by atoms with Crippen molar-refractivity contribution < 1.29 is 4.74 Å². The van der Waals surface area contributed by atoms with Crippen LogP contribution in [0.5, 0.6) is 0 Å². The van der Waals surface area contributed by atoms with Crippen LogP contribution in [0.15, 0.2) is 24.3 Å². The van der Waals surface area contributed by atoms with Crippen molar-refractivity contribution in [1.29, 1.82) is 0 Å². The first-order chi connectivity index (χ1) is 6.81. The predicted molar refractivity (Wildman–Crippen MR) is 57.3 cm³/mol. The van der Waals surface area contributed by atoms with Crippen molar-refractivity contribution >= 4 is 0 Å². The second-order valence-corrected chi connectivity index (χ2v) is 4.02. The van der Waals surface area contributed by atoms with Gasteiger partial charge >= 0.3 is 0 Å². The van der Waals surface area contributed by atoms with Gasteiger partial charge in [-0.2, -0.15) is 0 Å². The summed E-state index contributed by atoms with van der Waals surface area (Å²) in [5.41, 5.74) is 2.71. The molecule has 0 spiro atoms. The summed E-state index contributed by atoms with van der Waals surface area (Å²) in [6, 6.07) is 9.18. The molecule has 2 unspecified atom stereocenters. The summed E-state index contributed by atoms with van der Waals surface area (Å²) in [5, 5.41) is 3.44. The van der Waals surface area contributed by atoms with E-state index in [9.17, 15) is 0 Å². The molecule has 14 heavy (non-hydrogen) atoms. The molecule has 2 nitrogen and oxygen atoms in total. The molecule has 0 aliphatic carbocycles. The maximum atomic E-state index is 5.19. The van der Waals surface area contributed by atoms with Crippen LogP contribution >= 0.6 is 0 Å². The third kappa shape index (κ3) is 1.81. The van der Waals surface area contributed by atoms with Crippen LogP contribution in [-0.4, -0.2) is 20.3 Å². The minimum absolute atomic E-state index is 0.495. The van der Waals surface area contributed by atoms with Gasteiger partial charge in [-0.25, -0.2) is 0 Å². The Morgan fingerprint density at radius 1 is 1.50 bits per heavy atom. The summed E-state index contributed by atoms with van der Waals surface area (Å²) in [4.78, 5) is 0. The first-order valence-electron chi connectivity index (χ1n) is 5.10. The quantitative estimate of drug-likeness (QED) is 0.788. The summed E-state index contributed by atoms with van der Waals surface area (Å²) in [6.07, 6.45) is 0. The summed E-state index contributed by atoms with van der Waals surface area (Å²) in [5.74, 6) is 0.641. The lowest BCUT2D eigenvalue weighted by molar-refractivity contribution is 0.0883. The van der Waals surface area contributed by atoms with E-state index in [1.54, 1.807) is 7.11 Å². The minimum atomic E-state index is 0.495. The topological polar surface area (TPSA) is 21.3 Å². The largest absolute Gasteiger partial charge is 0.384 e. The molecule has 0 radical (unpaired) electrons. The molecule has 0 bridgehead atoms. The van der Waals surface area contributed by atoms with E-state index in [1.165, 1.54) is 11.1 Å². The van der Waals surface area contributed by atoms with E-state index in [1.807, 2.05) is 0 Å². The fourth-order valence-electron chi connectivity index (χ4n) is 2.03. The Morgan fingerprint density at radius 2 is 2.36 bits per heavy atom. The third-order valence-electron chi connectivity index (χ3n) is 2.85. The maximum Gasteiger partial charge on any atom is 0.0520 e. The van der Waals surface area contributed by atoms with Crippen LogP contribution < -0.4 is 5.32 Å². The molecule has 2 heteroatoms. The van der Waals surface area contributed by atoms with Gasteiger partial charge < -0.3 is 10.1 Å². The highest BCUT2D eigenvalue weighted by atomic mass is 16.5. The Bertz CT molecular complexity index is 311. The SMILES string of the molecule is COCC1CNC1c1cccc(C)c1.